The molecule has 0 aliphatic carbocycles. The molecule has 3 heterocycles. The number of nitrogens with one attached hydrogen (secondary N) is 1. The van der Waals surface area contributed by atoms with E-state index in [2.05, 4.69) is 26.3 Å². The van der Waals surface area contributed by atoms with Crippen LogP contribution in [0.1, 0.15) is 21.6 Å². The molecule has 146 valence electrons. The van der Waals surface area contributed by atoms with E-state index in [0.29, 0.717) is 17.1 Å². The van der Waals surface area contributed by atoms with Gasteiger partial charge in [0.1, 0.15) is 0 Å². The smallest absolute Gasteiger partial charge is 0.271 e. The maximum atomic E-state index is 12.9. The molecule has 3 N–H and O–H groups in total. The van der Waals surface area contributed by atoms with E-state index >= 15 is 0 Å². The van der Waals surface area contributed by atoms with E-state index in [9.17, 15) is 4.79 Å². The number of nitriles is 1. The molecule has 9 heteroatoms. The van der Waals surface area contributed by atoms with Gasteiger partial charge in [-0.3, -0.25) is 4.79 Å². The van der Waals surface area contributed by atoms with E-state index in [0.717, 1.165) is 48.3 Å². The zero-order valence-electron chi connectivity index (χ0n) is 16.5. The molecule has 1 aromatic carbocycles. The van der Waals surface area contributed by atoms with Crippen LogP contribution in [0.5, 0.6) is 0 Å². The molecule has 1 amide bonds. The number of hydrogen-bond donors (Lipinski definition) is 2. The Bertz CT molecular complexity index is 1130. The number of amides is 1. The zero-order chi connectivity index (χ0) is 20.5. The largest absolute Gasteiger partial charge is 0.398 e. The van der Waals surface area contributed by atoms with Crippen molar-refractivity contribution in [3.05, 3.63) is 47.3 Å². The van der Waals surface area contributed by atoms with Gasteiger partial charge in [0.2, 0.25) is 0 Å². The molecule has 3 aromatic rings. The highest BCUT2D eigenvalue weighted by Crippen LogP contribution is 2.25. The van der Waals surface area contributed by atoms with Crippen molar-refractivity contribution in [2.24, 2.45) is 0 Å². The second-order valence-corrected chi connectivity index (χ2v) is 7.48. The third-order valence-electron chi connectivity index (χ3n) is 5.30. The number of rotatable bonds is 3. The van der Waals surface area contributed by atoms with Crippen LogP contribution in [0.25, 0.3) is 5.65 Å². The Morgan fingerprint density at radius 2 is 2.03 bits per heavy atom. The first-order chi connectivity index (χ1) is 13.9. The number of nitrogen functional groups attached to an aromatic ring is 1. The van der Waals surface area contributed by atoms with Crippen molar-refractivity contribution in [2.45, 2.75) is 26.5 Å². The normalized spacial score (nSPS) is 14.1. The lowest BCUT2D eigenvalue weighted by atomic mass is 9.45. The van der Waals surface area contributed by atoms with Gasteiger partial charge in [0, 0.05) is 30.4 Å². The molecule has 0 unspecified atom stereocenters. The maximum absolute atomic E-state index is 12.9. The molecular formula is C20H22BN7O. The number of nitrogens with two attached hydrogens (primary N) is 1. The third-order valence-corrected chi connectivity index (χ3v) is 5.30. The molecule has 1 fully saturated rings. The molecule has 0 atom stereocenters. The van der Waals surface area contributed by atoms with Gasteiger partial charge in [-0.1, -0.05) is 0 Å². The minimum Gasteiger partial charge on any atom is -0.398 e. The standard InChI is InChI=1S/C20H22BN7O/c1-13-9-18(26-28-11-14(2)24-19(13)28)25-20(29)16-10-15(3-4-17(16)23)27-7-5-21(12-22)6-8-27/h3-4,9-11H,5-8,23H2,1-2H3,(H,25,26,29). The number of carbonyl (C=O) groups excluding carboxylic acids is 1. The predicted molar refractivity (Wildman–Crippen MR) is 114 cm³/mol. The SMILES string of the molecule is Cc1cn2nc(NC(=O)c3cc(N4CCB(C#N)CC4)ccc3N)cc(C)c2n1. The Morgan fingerprint density at radius 1 is 1.28 bits per heavy atom. The number of aryl methyl sites for hydroxylation is 2. The van der Waals surface area contributed by atoms with Gasteiger partial charge in [-0.05, 0) is 56.3 Å². The average molecular weight is 387 g/mol. The first-order valence-electron chi connectivity index (χ1n) is 9.63. The minimum absolute atomic E-state index is 0.110. The van der Waals surface area contributed by atoms with Gasteiger partial charge < -0.3 is 16.0 Å². The van der Waals surface area contributed by atoms with Crippen molar-refractivity contribution in [1.29, 1.82) is 5.26 Å². The molecule has 0 radical (unpaired) electrons. The fourth-order valence-electron chi connectivity index (χ4n) is 3.69. The number of fused-ring (bicyclic) bond motifs is 1. The number of aromatic nitrogens is 3. The summed E-state index contributed by atoms with van der Waals surface area (Å²) in [6, 6.07) is 7.28. The van der Waals surface area contributed by atoms with E-state index in [1.165, 1.54) is 0 Å². The maximum Gasteiger partial charge on any atom is 0.271 e. The molecule has 2 aromatic heterocycles. The van der Waals surface area contributed by atoms with Crippen LogP contribution in [0.2, 0.25) is 12.6 Å². The van der Waals surface area contributed by atoms with Crippen molar-refractivity contribution in [1.82, 2.24) is 14.6 Å². The highest BCUT2D eigenvalue weighted by atomic mass is 16.1. The van der Waals surface area contributed by atoms with Crippen LogP contribution in [0.15, 0.2) is 30.5 Å². The fraction of sp³-hybridized carbons (Fsp3) is 0.300. The molecule has 8 nitrogen and oxygen atoms in total. The number of carbonyl (C=O) groups is 1. The molecule has 1 saturated heterocycles. The van der Waals surface area contributed by atoms with E-state index < -0.39 is 0 Å². The Kier molecular flexibility index (Phi) is 4.85. The average Bonchev–Trinajstić information content (AvgIpc) is 3.09. The molecule has 1 aliphatic rings. The Morgan fingerprint density at radius 3 is 2.76 bits per heavy atom. The van der Waals surface area contributed by atoms with E-state index in [1.807, 2.05) is 32.2 Å². The third kappa shape index (κ3) is 3.74. The van der Waals surface area contributed by atoms with Gasteiger partial charge >= 0.3 is 0 Å². The summed E-state index contributed by atoms with van der Waals surface area (Å²) in [6.07, 6.45) is 3.48. The second-order valence-electron chi connectivity index (χ2n) is 7.48. The highest BCUT2D eigenvalue weighted by molar-refractivity contribution is 6.67. The highest BCUT2D eigenvalue weighted by Gasteiger charge is 2.23. The molecule has 0 spiro atoms. The lowest BCUT2D eigenvalue weighted by molar-refractivity contribution is 0.102. The fourth-order valence-corrected chi connectivity index (χ4v) is 3.69. The lowest BCUT2D eigenvalue weighted by Gasteiger charge is -2.30. The van der Waals surface area contributed by atoms with Crippen molar-refractivity contribution in [3.63, 3.8) is 0 Å². The number of benzene rings is 1. The lowest BCUT2D eigenvalue weighted by Crippen LogP contribution is -2.36. The number of hydrogen-bond acceptors (Lipinski definition) is 6. The summed E-state index contributed by atoms with van der Waals surface area (Å²) in [7, 11) is 0. The summed E-state index contributed by atoms with van der Waals surface area (Å²) in [5.41, 5.74) is 10.4. The van der Waals surface area contributed by atoms with Gasteiger partial charge in [-0.25, -0.2) is 14.8 Å². The molecule has 1 aliphatic heterocycles. The predicted octanol–water partition coefficient (Wildman–Crippen LogP) is 2.56. The van der Waals surface area contributed by atoms with Gasteiger partial charge in [-0.15, -0.1) is 5.10 Å². The molecule has 0 bridgehead atoms. The number of nitrogens with zero attached hydrogens (tertiary/aromatic N) is 5. The topological polar surface area (TPSA) is 112 Å². The minimum atomic E-state index is -0.306. The summed E-state index contributed by atoms with van der Waals surface area (Å²) in [6.45, 7) is 5.52. The number of anilines is 3. The van der Waals surface area contributed by atoms with Crippen LogP contribution in [0, 0.1) is 25.1 Å². The quantitative estimate of drug-likeness (QED) is 0.528. The van der Waals surface area contributed by atoms with Gasteiger partial charge in [0.25, 0.3) is 12.6 Å². The van der Waals surface area contributed by atoms with Crippen LogP contribution < -0.4 is 16.0 Å². The van der Waals surface area contributed by atoms with Crippen molar-refractivity contribution < 1.29 is 4.79 Å². The first-order valence-corrected chi connectivity index (χ1v) is 9.63. The van der Waals surface area contributed by atoms with Crippen LogP contribution in [-0.4, -0.2) is 40.3 Å². The summed E-state index contributed by atoms with van der Waals surface area (Å²) in [4.78, 5) is 19.5. The van der Waals surface area contributed by atoms with Crippen LogP contribution in [0.3, 0.4) is 0 Å². The van der Waals surface area contributed by atoms with Crippen molar-refractivity contribution in [2.75, 3.05) is 29.0 Å². The van der Waals surface area contributed by atoms with Gasteiger partial charge in [-0.2, -0.15) is 0 Å². The monoisotopic (exact) mass is 387 g/mol. The Hall–Kier alpha value is -3.54. The zero-order valence-corrected chi connectivity index (χ0v) is 16.5. The Balaban J connectivity index is 1.56. The summed E-state index contributed by atoms with van der Waals surface area (Å²) >= 11 is 0. The van der Waals surface area contributed by atoms with Crippen molar-refractivity contribution in [3.8, 4) is 5.97 Å². The van der Waals surface area contributed by atoms with Crippen molar-refractivity contribution >= 4 is 35.5 Å². The number of imidazole rings is 1. The van der Waals surface area contributed by atoms with Crippen LogP contribution in [0.4, 0.5) is 17.2 Å². The van der Waals surface area contributed by atoms with Gasteiger partial charge in [0.05, 0.1) is 17.5 Å². The molecule has 0 saturated carbocycles. The molecule has 4 rings (SSSR count). The Labute approximate surface area is 169 Å². The van der Waals surface area contributed by atoms with Crippen LogP contribution in [-0.2, 0) is 0 Å². The summed E-state index contributed by atoms with van der Waals surface area (Å²) < 4.78 is 1.67. The van der Waals surface area contributed by atoms with E-state index in [-0.39, 0.29) is 12.6 Å². The van der Waals surface area contributed by atoms with E-state index in [4.69, 9.17) is 11.0 Å². The van der Waals surface area contributed by atoms with E-state index in [1.54, 1.807) is 16.6 Å². The summed E-state index contributed by atoms with van der Waals surface area (Å²) in [5.74, 6) is 2.47. The second kappa shape index (κ2) is 7.47. The molecular weight excluding hydrogens is 365 g/mol. The van der Waals surface area contributed by atoms with Crippen LogP contribution >= 0.6 is 0 Å². The first kappa shape index (κ1) is 18.8. The van der Waals surface area contributed by atoms with Gasteiger partial charge in [0.15, 0.2) is 11.5 Å². The molecule has 29 heavy (non-hydrogen) atoms. The summed E-state index contributed by atoms with van der Waals surface area (Å²) in [5, 5.41) is 16.3.